The van der Waals surface area contributed by atoms with Crippen LogP contribution in [0.4, 0.5) is 0 Å². The fraction of sp³-hybridized carbons (Fsp3) is 0.714. The van der Waals surface area contributed by atoms with E-state index in [4.69, 9.17) is 5.41 Å². The maximum atomic E-state index is 10.8. The molecule has 3 nitrogen and oxygen atoms in total. The van der Waals surface area contributed by atoms with Crippen molar-refractivity contribution in [3.63, 3.8) is 0 Å². The molecule has 1 N–H and O–H groups in total. The summed E-state index contributed by atoms with van der Waals surface area (Å²) in [4.78, 5) is 12.2. The van der Waals surface area contributed by atoms with Gasteiger partial charge in [0.2, 0.25) is 5.91 Å². The molecule has 0 rings (SSSR count). The Bertz CT molecular complexity index is 146. The highest BCUT2D eigenvalue weighted by Crippen LogP contribution is 2.10. The van der Waals surface area contributed by atoms with Gasteiger partial charge >= 0.3 is 0 Å². The Morgan fingerprint density at radius 3 is 1.90 bits per heavy atom. The summed E-state index contributed by atoms with van der Waals surface area (Å²) in [6.45, 7) is 7.12. The summed E-state index contributed by atoms with van der Waals surface area (Å²) >= 11 is 0. The van der Waals surface area contributed by atoms with E-state index in [9.17, 15) is 4.79 Å². The molecule has 0 saturated carbocycles. The number of nitrogens with zero attached hydrogens (tertiary/aromatic N) is 1. The molecule has 0 fully saturated rings. The number of nitrogens with one attached hydrogen (secondary N) is 1. The van der Waals surface area contributed by atoms with Crippen molar-refractivity contribution in [2.75, 3.05) is 0 Å². The molecule has 0 aliphatic heterocycles. The normalized spacial score (nSPS) is 10.8. The fourth-order valence-electron chi connectivity index (χ4n) is 0.757. The van der Waals surface area contributed by atoms with Crippen LogP contribution in [0, 0.1) is 5.41 Å². The largest absolute Gasteiger partial charge is 0.298 e. The zero-order valence-corrected chi connectivity index (χ0v) is 6.93. The molecule has 0 aromatic heterocycles. The minimum Gasteiger partial charge on any atom is -0.298 e. The van der Waals surface area contributed by atoms with Crippen molar-refractivity contribution >= 4 is 12.2 Å². The number of hydrogen-bond donors (Lipinski definition) is 1. The van der Waals surface area contributed by atoms with Crippen molar-refractivity contribution in [3.05, 3.63) is 0 Å². The highest BCUT2D eigenvalue weighted by molar-refractivity contribution is 5.85. The molecule has 0 unspecified atom stereocenters. The topological polar surface area (TPSA) is 44.2 Å². The van der Waals surface area contributed by atoms with E-state index in [-0.39, 0.29) is 11.4 Å². The van der Waals surface area contributed by atoms with Gasteiger partial charge in [-0.05, 0) is 20.8 Å². The lowest BCUT2D eigenvalue weighted by molar-refractivity contribution is -0.128. The van der Waals surface area contributed by atoms with E-state index in [2.05, 4.69) is 0 Å². The second kappa shape index (κ2) is 2.82. The predicted octanol–water partition coefficient (Wildman–Crippen LogP) is 1.24. The Morgan fingerprint density at radius 1 is 1.50 bits per heavy atom. The number of rotatable bonds is 1. The molecule has 1 amide bonds. The van der Waals surface area contributed by atoms with Crippen LogP contribution in [0.2, 0.25) is 0 Å². The van der Waals surface area contributed by atoms with E-state index in [0.717, 1.165) is 6.34 Å². The minimum atomic E-state index is -0.270. The molecule has 0 spiro atoms. The molecule has 0 bridgehead atoms. The zero-order valence-electron chi connectivity index (χ0n) is 6.93. The predicted molar refractivity (Wildman–Crippen MR) is 41.1 cm³/mol. The molecule has 0 aliphatic carbocycles. The minimum absolute atomic E-state index is 0.0949. The lowest BCUT2D eigenvalue weighted by Crippen LogP contribution is -2.43. The van der Waals surface area contributed by atoms with Crippen molar-refractivity contribution in [1.82, 2.24) is 4.90 Å². The summed E-state index contributed by atoms with van der Waals surface area (Å²) in [7, 11) is 0. The average Bonchev–Trinajstić information content (AvgIpc) is 1.60. The van der Waals surface area contributed by atoms with Crippen LogP contribution >= 0.6 is 0 Å². The first-order valence-electron chi connectivity index (χ1n) is 3.20. The Morgan fingerprint density at radius 2 is 1.90 bits per heavy atom. The van der Waals surface area contributed by atoms with Crippen LogP contribution < -0.4 is 0 Å². The van der Waals surface area contributed by atoms with Crippen LogP contribution in [0.15, 0.2) is 0 Å². The molecule has 0 aromatic rings. The van der Waals surface area contributed by atoms with Crippen LogP contribution in [-0.2, 0) is 4.79 Å². The SMILES string of the molecule is CC(=O)N(C=N)C(C)(C)C. The van der Waals surface area contributed by atoms with Crippen LogP contribution in [0.1, 0.15) is 27.7 Å². The van der Waals surface area contributed by atoms with E-state index < -0.39 is 0 Å². The molecule has 0 aromatic carbocycles. The van der Waals surface area contributed by atoms with Crippen LogP contribution in [-0.4, -0.2) is 22.7 Å². The summed E-state index contributed by atoms with van der Waals surface area (Å²) in [6, 6.07) is 0. The van der Waals surface area contributed by atoms with E-state index in [1.54, 1.807) is 0 Å². The number of carbonyl (C=O) groups excluding carboxylic acids is 1. The van der Waals surface area contributed by atoms with E-state index in [1.165, 1.54) is 11.8 Å². The van der Waals surface area contributed by atoms with Crippen molar-refractivity contribution in [1.29, 1.82) is 5.41 Å². The molecular weight excluding hydrogens is 128 g/mol. The van der Waals surface area contributed by atoms with Crippen molar-refractivity contribution in [2.45, 2.75) is 33.2 Å². The molecule has 0 heterocycles. The van der Waals surface area contributed by atoms with Crippen molar-refractivity contribution in [2.24, 2.45) is 0 Å². The first-order chi connectivity index (χ1) is 4.39. The van der Waals surface area contributed by atoms with Gasteiger partial charge in [0.25, 0.3) is 0 Å². The molecule has 0 radical (unpaired) electrons. The monoisotopic (exact) mass is 142 g/mol. The van der Waals surface area contributed by atoms with E-state index >= 15 is 0 Å². The fourth-order valence-corrected chi connectivity index (χ4v) is 0.757. The standard InChI is InChI=1S/C7H14N2O/c1-6(10)9(5-8)7(2,3)4/h5,8H,1-4H3. The highest BCUT2D eigenvalue weighted by Gasteiger charge is 2.21. The summed E-state index contributed by atoms with van der Waals surface area (Å²) in [5.74, 6) is -0.0949. The van der Waals surface area contributed by atoms with Crippen molar-refractivity contribution < 1.29 is 4.79 Å². The lowest BCUT2D eigenvalue weighted by Gasteiger charge is -2.30. The first-order valence-corrected chi connectivity index (χ1v) is 3.20. The Kier molecular flexibility index (Phi) is 2.57. The maximum Gasteiger partial charge on any atom is 0.225 e. The van der Waals surface area contributed by atoms with E-state index in [0.29, 0.717) is 0 Å². The number of hydrogen-bond acceptors (Lipinski definition) is 2. The van der Waals surface area contributed by atoms with Gasteiger partial charge in [-0.15, -0.1) is 0 Å². The van der Waals surface area contributed by atoms with Gasteiger partial charge in [-0.1, -0.05) is 0 Å². The molecule has 58 valence electrons. The Balaban J connectivity index is 4.36. The second-order valence-electron chi connectivity index (χ2n) is 3.19. The van der Waals surface area contributed by atoms with Crippen molar-refractivity contribution in [3.8, 4) is 0 Å². The van der Waals surface area contributed by atoms with Gasteiger partial charge in [0.05, 0.1) is 6.34 Å². The van der Waals surface area contributed by atoms with Gasteiger partial charge in [-0.3, -0.25) is 15.1 Å². The van der Waals surface area contributed by atoms with Gasteiger partial charge in [0, 0.05) is 12.5 Å². The number of amides is 1. The van der Waals surface area contributed by atoms with Gasteiger partial charge in [0.1, 0.15) is 0 Å². The zero-order chi connectivity index (χ0) is 8.36. The van der Waals surface area contributed by atoms with Gasteiger partial charge in [-0.25, -0.2) is 0 Å². The highest BCUT2D eigenvalue weighted by atomic mass is 16.2. The van der Waals surface area contributed by atoms with Crippen LogP contribution in [0.5, 0.6) is 0 Å². The van der Waals surface area contributed by atoms with Crippen LogP contribution in [0.3, 0.4) is 0 Å². The molecule has 0 aliphatic rings. The first kappa shape index (κ1) is 9.14. The quantitative estimate of drug-likeness (QED) is 0.434. The van der Waals surface area contributed by atoms with Gasteiger partial charge < -0.3 is 0 Å². The molecule has 0 atom stereocenters. The third-order valence-electron chi connectivity index (χ3n) is 1.19. The Hall–Kier alpha value is -0.860. The lowest BCUT2D eigenvalue weighted by atomic mass is 10.1. The van der Waals surface area contributed by atoms with Gasteiger partial charge in [0.15, 0.2) is 0 Å². The summed E-state index contributed by atoms with van der Waals surface area (Å²) in [6.07, 6.45) is 1.06. The summed E-state index contributed by atoms with van der Waals surface area (Å²) in [5.41, 5.74) is -0.270. The molecule has 3 heteroatoms. The molecule has 10 heavy (non-hydrogen) atoms. The van der Waals surface area contributed by atoms with Gasteiger partial charge in [-0.2, -0.15) is 0 Å². The van der Waals surface area contributed by atoms with Crippen LogP contribution in [0.25, 0.3) is 0 Å². The second-order valence-corrected chi connectivity index (χ2v) is 3.19. The smallest absolute Gasteiger partial charge is 0.225 e. The summed E-state index contributed by atoms with van der Waals surface area (Å²) in [5, 5.41) is 6.93. The molecule has 0 saturated heterocycles. The maximum absolute atomic E-state index is 10.8. The molecular formula is C7H14N2O. The third-order valence-corrected chi connectivity index (χ3v) is 1.19. The summed E-state index contributed by atoms with van der Waals surface area (Å²) < 4.78 is 0. The number of carbonyl (C=O) groups is 1. The Labute approximate surface area is 61.5 Å². The average molecular weight is 142 g/mol. The van der Waals surface area contributed by atoms with E-state index in [1.807, 2.05) is 20.8 Å². The third kappa shape index (κ3) is 2.17.